The lowest BCUT2D eigenvalue weighted by Gasteiger charge is -2.24. The van der Waals surface area contributed by atoms with Crippen molar-refractivity contribution in [3.63, 3.8) is 0 Å². The first-order valence-electron chi connectivity index (χ1n) is 9.34. The number of nitrogens with zero attached hydrogens (tertiary/aromatic N) is 3. The fraction of sp³-hybridized carbons (Fsp3) is 0.182. The number of benzene rings is 1. The summed E-state index contributed by atoms with van der Waals surface area (Å²) in [7, 11) is 0. The van der Waals surface area contributed by atoms with Crippen molar-refractivity contribution in [1.82, 2.24) is 9.55 Å². The van der Waals surface area contributed by atoms with Gasteiger partial charge >= 0.3 is 5.97 Å². The van der Waals surface area contributed by atoms with Crippen molar-refractivity contribution in [2.24, 2.45) is 4.99 Å². The van der Waals surface area contributed by atoms with Crippen molar-refractivity contribution in [2.75, 3.05) is 6.61 Å². The van der Waals surface area contributed by atoms with Gasteiger partial charge in [-0.15, -0.1) is 0 Å². The molecule has 0 unspecified atom stereocenters. The van der Waals surface area contributed by atoms with Gasteiger partial charge in [-0.25, -0.2) is 9.79 Å². The Balaban J connectivity index is 1.96. The molecule has 0 saturated carbocycles. The number of fused-ring (bicyclic) bond motifs is 1. The number of esters is 1. The maximum atomic E-state index is 13.4. The van der Waals surface area contributed by atoms with Crippen molar-refractivity contribution in [1.29, 1.82) is 0 Å². The number of rotatable bonds is 4. The molecule has 1 aromatic carbocycles. The highest BCUT2D eigenvalue weighted by Crippen LogP contribution is 2.31. The van der Waals surface area contributed by atoms with Gasteiger partial charge in [0.15, 0.2) is 4.80 Å². The van der Waals surface area contributed by atoms with Crippen molar-refractivity contribution < 1.29 is 9.53 Å². The Kier molecular flexibility index (Phi) is 5.78. The predicted molar refractivity (Wildman–Crippen MR) is 119 cm³/mol. The number of allylic oxidation sites excluding steroid dienone is 1. The molecule has 0 fully saturated rings. The molecule has 3 aromatic rings. The summed E-state index contributed by atoms with van der Waals surface area (Å²) in [6, 6.07) is 10.7. The van der Waals surface area contributed by atoms with E-state index in [4.69, 9.17) is 4.74 Å². The van der Waals surface area contributed by atoms with Crippen LogP contribution in [-0.2, 0) is 9.53 Å². The first-order valence-corrected chi connectivity index (χ1v) is 11.0. The standard InChI is InChI=1S/C22H18BrN3O3S/c1-3-29-21(28)18-13(2)25-22-26(19(18)15-6-8-16(23)9-7-15)20(27)17(30-22)11-14-5-4-10-24-12-14/h4-12,19H,3H2,1-2H3/b17-11-/t19-/m1/s1. The number of carbonyl (C=O) groups is 1. The summed E-state index contributed by atoms with van der Waals surface area (Å²) in [6.45, 7) is 3.77. The van der Waals surface area contributed by atoms with Crippen LogP contribution in [0.5, 0.6) is 0 Å². The zero-order valence-electron chi connectivity index (χ0n) is 16.3. The second kappa shape index (κ2) is 8.49. The summed E-state index contributed by atoms with van der Waals surface area (Å²) in [4.78, 5) is 35.4. The smallest absolute Gasteiger partial charge is 0.338 e. The van der Waals surface area contributed by atoms with Gasteiger partial charge < -0.3 is 4.74 Å². The van der Waals surface area contributed by atoms with Gasteiger partial charge in [0.2, 0.25) is 0 Å². The van der Waals surface area contributed by atoms with Crippen LogP contribution in [0.3, 0.4) is 0 Å². The molecular weight excluding hydrogens is 466 g/mol. The van der Waals surface area contributed by atoms with Crippen molar-refractivity contribution in [2.45, 2.75) is 19.9 Å². The van der Waals surface area contributed by atoms with E-state index < -0.39 is 12.0 Å². The van der Waals surface area contributed by atoms with E-state index in [1.165, 1.54) is 11.3 Å². The third-order valence-electron chi connectivity index (χ3n) is 4.68. The second-order valence-corrected chi connectivity index (χ2v) is 8.56. The number of aromatic nitrogens is 2. The Morgan fingerprint density at radius 3 is 2.73 bits per heavy atom. The fourth-order valence-corrected chi connectivity index (χ4v) is 4.68. The van der Waals surface area contributed by atoms with Gasteiger partial charge in [-0.1, -0.05) is 45.5 Å². The second-order valence-electron chi connectivity index (χ2n) is 6.64. The number of hydrogen-bond acceptors (Lipinski definition) is 6. The third-order valence-corrected chi connectivity index (χ3v) is 6.20. The highest BCUT2D eigenvalue weighted by atomic mass is 79.9. The predicted octanol–water partition coefficient (Wildman–Crippen LogP) is 2.96. The molecule has 0 aliphatic carbocycles. The highest BCUT2D eigenvalue weighted by Gasteiger charge is 2.33. The van der Waals surface area contributed by atoms with Crippen LogP contribution >= 0.6 is 27.3 Å². The summed E-state index contributed by atoms with van der Waals surface area (Å²) in [5.41, 5.74) is 2.36. The van der Waals surface area contributed by atoms with Gasteiger partial charge in [0.05, 0.1) is 28.5 Å². The number of hydrogen-bond donors (Lipinski definition) is 0. The molecule has 3 heterocycles. The minimum atomic E-state index is -0.607. The molecular formula is C22H18BrN3O3S. The van der Waals surface area contributed by atoms with Gasteiger partial charge in [-0.05, 0) is 49.2 Å². The lowest BCUT2D eigenvalue weighted by atomic mass is 9.96. The number of ether oxygens (including phenoxy) is 1. The molecule has 0 spiro atoms. The topological polar surface area (TPSA) is 73.6 Å². The van der Waals surface area contributed by atoms with E-state index in [-0.39, 0.29) is 12.2 Å². The molecule has 2 aromatic heterocycles. The number of thiazole rings is 1. The first-order chi connectivity index (χ1) is 14.5. The third kappa shape index (κ3) is 3.80. The van der Waals surface area contributed by atoms with E-state index in [9.17, 15) is 9.59 Å². The van der Waals surface area contributed by atoms with Crippen LogP contribution in [0.15, 0.2) is 74.3 Å². The molecule has 0 amide bonds. The summed E-state index contributed by atoms with van der Waals surface area (Å²) in [5.74, 6) is -0.465. The van der Waals surface area contributed by atoms with Gasteiger partial charge in [0.25, 0.3) is 5.56 Å². The molecule has 6 nitrogen and oxygen atoms in total. The Morgan fingerprint density at radius 1 is 1.30 bits per heavy atom. The summed E-state index contributed by atoms with van der Waals surface area (Å²) >= 11 is 4.73. The fourth-order valence-electron chi connectivity index (χ4n) is 3.36. The van der Waals surface area contributed by atoms with Crippen LogP contribution in [0, 0.1) is 0 Å². The normalized spacial score (nSPS) is 16.2. The quantitative estimate of drug-likeness (QED) is 0.534. The maximum Gasteiger partial charge on any atom is 0.338 e. The zero-order valence-corrected chi connectivity index (χ0v) is 18.7. The van der Waals surface area contributed by atoms with E-state index >= 15 is 0 Å². The lowest BCUT2D eigenvalue weighted by Crippen LogP contribution is -2.39. The lowest BCUT2D eigenvalue weighted by molar-refractivity contribution is -0.139. The SMILES string of the molecule is CCOC(=O)C1=C(C)N=c2s/c(=C\c3cccnc3)c(=O)n2[C@@H]1c1ccc(Br)cc1. The molecule has 4 rings (SSSR count). The molecule has 0 saturated heterocycles. The molecule has 1 aliphatic rings. The van der Waals surface area contributed by atoms with E-state index in [0.717, 1.165) is 15.6 Å². The monoisotopic (exact) mass is 483 g/mol. The summed E-state index contributed by atoms with van der Waals surface area (Å²) < 4.78 is 8.31. The molecule has 8 heteroatoms. The van der Waals surface area contributed by atoms with Crippen LogP contribution < -0.4 is 14.9 Å². The average Bonchev–Trinajstić information content (AvgIpc) is 3.03. The van der Waals surface area contributed by atoms with Crippen molar-refractivity contribution >= 4 is 39.3 Å². The molecule has 0 radical (unpaired) electrons. The van der Waals surface area contributed by atoms with Crippen LogP contribution in [-0.4, -0.2) is 22.1 Å². The van der Waals surface area contributed by atoms with Crippen LogP contribution in [0.1, 0.15) is 31.0 Å². The Hall–Kier alpha value is -2.84. The molecule has 0 N–H and O–H groups in total. The van der Waals surface area contributed by atoms with Crippen molar-refractivity contribution in [3.05, 3.63) is 95.3 Å². The average molecular weight is 484 g/mol. The minimum absolute atomic E-state index is 0.204. The highest BCUT2D eigenvalue weighted by molar-refractivity contribution is 9.10. The number of halogens is 1. The molecule has 30 heavy (non-hydrogen) atoms. The Morgan fingerprint density at radius 2 is 2.07 bits per heavy atom. The molecule has 1 aliphatic heterocycles. The van der Waals surface area contributed by atoms with Gasteiger partial charge in [0.1, 0.15) is 0 Å². The summed E-state index contributed by atoms with van der Waals surface area (Å²) in [6.07, 6.45) is 5.17. The minimum Gasteiger partial charge on any atom is -0.463 e. The van der Waals surface area contributed by atoms with Crippen LogP contribution in [0.25, 0.3) is 6.08 Å². The molecule has 0 bridgehead atoms. The van der Waals surface area contributed by atoms with Gasteiger partial charge in [0, 0.05) is 16.9 Å². The first kappa shape index (κ1) is 20.4. The van der Waals surface area contributed by atoms with E-state index in [1.807, 2.05) is 36.4 Å². The molecule has 152 valence electrons. The largest absolute Gasteiger partial charge is 0.463 e. The Bertz CT molecular complexity index is 1310. The van der Waals surface area contributed by atoms with Crippen molar-refractivity contribution in [3.8, 4) is 0 Å². The molecule has 1 atom stereocenters. The van der Waals surface area contributed by atoms with Gasteiger partial charge in [-0.2, -0.15) is 0 Å². The van der Waals surface area contributed by atoms with E-state index in [0.29, 0.717) is 20.6 Å². The summed E-state index contributed by atoms with van der Waals surface area (Å²) in [5, 5.41) is 0. The number of carbonyl (C=O) groups excluding carboxylic acids is 1. The van der Waals surface area contributed by atoms with Crippen LogP contribution in [0.2, 0.25) is 0 Å². The Labute approximate surface area is 185 Å². The van der Waals surface area contributed by atoms with Crippen LogP contribution in [0.4, 0.5) is 0 Å². The van der Waals surface area contributed by atoms with Gasteiger partial charge in [-0.3, -0.25) is 14.3 Å². The zero-order chi connectivity index (χ0) is 21.3. The van der Waals surface area contributed by atoms with E-state index in [1.54, 1.807) is 36.9 Å². The maximum absolute atomic E-state index is 13.4. The van der Waals surface area contributed by atoms with E-state index in [2.05, 4.69) is 25.9 Å². The number of pyridine rings is 1.